The topological polar surface area (TPSA) is 54.0 Å². The van der Waals surface area contributed by atoms with E-state index in [0.717, 1.165) is 17.1 Å². The number of carbonyl (C=O) groups excluding carboxylic acids is 1. The van der Waals surface area contributed by atoms with Crippen LogP contribution >= 0.6 is 0 Å². The zero-order chi connectivity index (χ0) is 18.5. The van der Waals surface area contributed by atoms with Crippen molar-refractivity contribution in [2.45, 2.75) is 19.9 Å². The van der Waals surface area contributed by atoms with Crippen molar-refractivity contribution in [3.8, 4) is 0 Å². The van der Waals surface area contributed by atoms with Crippen molar-refractivity contribution in [1.82, 2.24) is 4.98 Å². The van der Waals surface area contributed by atoms with Crippen molar-refractivity contribution in [3.63, 3.8) is 0 Å². The van der Waals surface area contributed by atoms with Crippen molar-refractivity contribution in [2.75, 3.05) is 10.6 Å². The van der Waals surface area contributed by atoms with E-state index in [4.69, 9.17) is 0 Å². The minimum atomic E-state index is -0.365. The summed E-state index contributed by atoms with van der Waals surface area (Å²) in [5, 5.41) is 6.16. The highest BCUT2D eigenvalue weighted by Crippen LogP contribution is 2.20. The Morgan fingerprint density at radius 2 is 1.69 bits per heavy atom. The van der Waals surface area contributed by atoms with Crippen LogP contribution in [-0.4, -0.2) is 10.9 Å². The molecule has 5 heteroatoms. The molecular formula is C21H20FN3O. The first-order valence-corrected chi connectivity index (χ1v) is 8.38. The average Bonchev–Trinajstić information content (AvgIpc) is 2.63. The van der Waals surface area contributed by atoms with E-state index in [0.29, 0.717) is 11.3 Å². The standard InChI is InChI=1S/C21H20FN3O/c1-14-4-3-5-20(23-14)24-15(2)16-8-12-19(13-9-16)25-21(26)17-6-10-18(22)11-7-17/h3-13,15H,1-2H3,(H,23,24)(H,25,26). The summed E-state index contributed by atoms with van der Waals surface area (Å²) < 4.78 is 12.9. The van der Waals surface area contributed by atoms with Gasteiger partial charge in [-0.1, -0.05) is 18.2 Å². The van der Waals surface area contributed by atoms with Gasteiger partial charge in [0.05, 0.1) is 0 Å². The lowest BCUT2D eigenvalue weighted by molar-refractivity contribution is 0.102. The van der Waals surface area contributed by atoms with E-state index >= 15 is 0 Å². The number of halogens is 1. The van der Waals surface area contributed by atoms with Crippen LogP contribution in [0.4, 0.5) is 15.9 Å². The van der Waals surface area contributed by atoms with Crippen LogP contribution in [0.5, 0.6) is 0 Å². The summed E-state index contributed by atoms with van der Waals surface area (Å²) in [5.74, 6) is 0.189. The minimum absolute atomic E-state index is 0.0751. The van der Waals surface area contributed by atoms with Crippen molar-refractivity contribution < 1.29 is 9.18 Å². The maximum Gasteiger partial charge on any atom is 0.255 e. The van der Waals surface area contributed by atoms with Gasteiger partial charge in [0.15, 0.2) is 0 Å². The van der Waals surface area contributed by atoms with Crippen molar-refractivity contribution in [2.24, 2.45) is 0 Å². The van der Waals surface area contributed by atoms with Gasteiger partial charge in [-0.3, -0.25) is 4.79 Å². The molecule has 132 valence electrons. The summed E-state index contributed by atoms with van der Waals surface area (Å²) >= 11 is 0. The van der Waals surface area contributed by atoms with Gasteiger partial charge in [0, 0.05) is 23.0 Å². The van der Waals surface area contributed by atoms with E-state index in [2.05, 4.69) is 22.5 Å². The number of benzene rings is 2. The first kappa shape index (κ1) is 17.6. The number of rotatable bonds is 5. The Labute approximate surface area is 152 Å². The van der Waals surface area contributed by atoms with Gasteiger partial charge in [-0.2, -0.15) is 0 Å². The molecule has 3 aromatic rings. The van der Waals surface area contributed by atoms with Gasteiger partial charge in [-0.15, -0.1) is 0 Å². The Kier molecular flexibility index (Phi) is 5.27. The quantitative estimate of drug-likeness (QED) is 0.685. The van der Waals surface area contributed by atoms with Crippen LogP contribution < -0.4 is 10.6 Å². The smallest absolute Gasteiger partial charge is 0.255 e. The number of aryl methyl sites for hydroxylation is 1. The molecule has 2 aromatic carbocycles. The third-order valence-electron chi connectivity index (χ3n) is 4.03. The molecule has 2 N–H and O–H groups in total. The molecule has 0 radical (unpaired) electrons. The third-order valence-corrected chi connectivity index (χ3v) is 4.03. The Hall–Kier alpha value is -3.21. The second kappa shape index (κ2) is 7.78. The van der Waals surface area contributed by atoms with E-state index < -0.39 is 0 Å². The third kappa shape index (κ3) is 4.45. The normalized spacial score (nSPS) is 11.7. The molecule has 4 nitrogen and oxygen atoms in total. The van der Waals surface area contributed by atoms with Crippen LogP contribution in [0.1, 0.15) is 34.6 Å². The largest absolute Gasteiger partial charge is 0.364 e. The van der Waals surface area contributed by atoms with Gasteiger partial charge in [0.1, 0.15) is 11.6 Å². The first-order chi connectivity index (χ1) is 12.5. The zero-order valence-corrected chi connectivity index (χ0v) is 14.7. The summed E-state index contributed by atoms with van der Waals surface area (Å²) in [5.41, 5.74) is 3.13. The predicted octanol–water partition coefficient (Wildman–Crippen LogP) is 4.95. The molecule has 0 saturated heterocycles. The Bertz CT molecular complexity index is 892. The lowest BCUT2D eigenvalue weighted by Gasteiger charge is -2.16. The maximum absolute atomic E-state index is 12.9. The Balaban J connectivity index is 1.64. The van der Waals surface area contributed by atoms with Crippen LogP contribution in [0.15, 0.2) is 66.7 Å². The molecule has 0 bridgehead atoms. The molecule has 0 aliphatic heterocycles. The second-order valence-electron chi connectivity index (χ2n) is 6.11. The number of anilines is 2. The molecule has 0 aliphatic carbocycles. The molecule has 26 heavy (non-hydrogen) atoms. The fourth-order valence-electron chi connectivity index (χ4n) is 2.59. The predicted molar refractivity (Wildman–Crippen MR) is 102 cm³/mol. The number of aromatic nitrogens is 1. The highest BCUT2D eigenvalue weighted by Gasteiger charge is 2.09. The lowest BCUT2D eigenvalue weighted by Crippen LogP contribution is -2.12. The monoisotopic (exact) mass is 349 g/mol. The summed E-state index contributed by atoms with van der Waals surface area (Å²) in [4.78, 5) is 16.6. The second-order valence-corrected chi connectivity index (χ2v) is 6.11. The number of nitrogens with one attached hydrogen (secondary N) is 2. The molecule has 1 amide bonds. The number of carbonyl (C=O) groups is 1. The van der Waals surface area contributed by atoms with Crippen LogP contribution in [-0.2, 0) is 0 Å². The number of amides is 1. The summed E-state index contributed by atoms with van der Waals surface area (Å²) in [6.07, 6.45) is 0. The number of nitrogens with zero attached hydrogens (tertiary/aromatic N) is 1. The molecule has 0 aliphatic rings. The SMILES string of the molecule is Cc1cccc(NC(C)c2ccc(NC(=O)c3ccc(F)cc3)cc2)n1. The first-order valence-electron chi connectivity index (χ1n) is 8.38. The van der Waals surface area contributed by atoms with Crippen molar-refractivity contribution >= 4 is 17.4 Å². The van der Waals surface area contributed by atoms with Gasteiger partial charge in [-0.05, 0) is 67.9 Å². The summed E-state index contributed by atoms with van der Waals surface area (Å²) in [6.45, 7) is 4.00. The Morgan fingerprint density at radius 3 is 2.35 bits per heavy atom. The molecular weight excluding hydrogens is 329 g/mol. The van der Waals surface area contributed by atoms with Crippen LogP contribution in [0, 0.1) is 12.7 Å². The van der Waals surface area contributed by atoms with E-state index in [1.165, 1.54) is 24.3 Å². The molecule has 3 rings (SSSR count). The summed E-state index contributed by atoms with van der Waals surface area (Å²) in [7, 11) is 0. The van der Waals surface area contributed by atoms with E-state index in [-0.39, 0.29) is 17.8 Å². The number of hydrogen-bond donors (Lipinski definition) is 2. The number of hydrogen-bond acceptors (Lipinski definition) is 3. The van der Waals surface area contributed by atoms with Crippen LogP contribution in [0.2, 0.25) is 0 Å². The molecule has 0 spiro atoms. The van der Waals surface area contributed by atoms with Gasteiger partial charge in [0.25, 0.3) is 5.91 Å². The molecule has 0 fully saturated rings. The molecule has 0 saturated carbocycles. The minimum Gasteiger partial charge on any atom is -0.364 e. The zero-order valence-electron chi connectivity index (χ0n) is 14.7. The van der Waals surface area contributed by atoms with Crippen LogP contribution in [0.25, 0.3) is 0 Å². The van der Waals surface area contributed by atoms with Gasteiger partial charge in [0.2, 0.25) is 0 Å². The van der Waals surface area contributed by atoms with E-state index in [1.807, 2.05) is 49.4 Å². The average molecular weight is 349 g/mol. The van der Waals surface area contributed by atoms with Gasteiger partial charge >= 0.3 is 0 Å². The molecule has 1 aromatic heterocycles. The highest BCUT2D eigenvalue weighted by molar-refractivity contribution is 6.04. The van der Waals surface area contributed by atoms with Crippen LogP contribution in [0.3, 0.4) is 0 Å². The molecule has 1 atom stereocenters. The fraction of sp³-hybridized carbons (Fsp3) is 0.143. The molecule has 1 heterocycles. The molecule has 1 unspecified atom stereocenters. The Morgan fingerprint density at radius 1 is 1.00 bits per heavy atom. The van der Waals surface area contributed by atoms with Gasteiger partial charge < -0.3 is 10.6 Å². The van der Waals surface area contributed by atoms with E-state index in [9.17, 15) is 9.18 Å². The van der Waals surface area contributed by atoms with Crippen molar-refractivity contribution in [1.29, 1.82) is 0 Å². The van der Waals surface area contributed by atoms with Crippen molar-refractivity contribution in [3.05, 3.63) is 89.4 Å². The van der Waals surface area contributed by atoms with E-state index in [1.54, 1.807) is 0 Å². The fourth-order valence-corrected chi connectivity index (χ4v) is 2.59. The summed E-state index contributed by atoms with van der Waals surface area (Å²) in [6, 6.07) is 19.0. The highest BCUT2D eigenvalue weighted by atomic mass is 19.1. The number of pyridine rings is 1. The maximum atomic E-state index is 12.9. The van der Waals surface area contributed by atoms with Gasteiger partial charge in [-0.25, -0.2) is 9.37 Å². The lowest BCUT2D eigenvalue weighted by atomic mass is 10.1.